The minimum Gasteiger partial charge on any atom is -0.369 e. The van der Waals surface area contributed by atoms with Crippen molar-refractivity contribution in [3.63, 3.8) is 0 Å². The Morgan fingerprint density at radius 1 is 0.816 bits per heavy atom. The number of amides is 2. The van der Waals surface area contributed by atoms with Gasteiger partial charge < -0.3 is 15.1 Å². The summed E-state index contributed by atoms with van der Waals surface area (Å²) in [4.78, 5) is 34.0. The first kappa shape index (κ1) is 32.9. The fraction of sp³-hybridized carbons (Fsp3) is 0.350. The second kappa shape index (κ2) is 13.3. The zero-order chi connectivity index (χ0) is 34.2. The number of halogens is 3. The molecule has 1 fully saturated rings. The van der Waals surface area contributed by atoms with E-state index in [1.54, 1.807) is 0 Å². The van der Waals surface area contributed by atoms with Crippen LogP contribution in [0.1, 0.15) is 51.0 Å². The Hall–Kier alpha value is -4.63. The number of alkyl halides is 3. The van der Waals surface area contributed by atoms with Gasteiger partial charge in [-0.15, -0.1) is 0 Å². The van der Waals surface area contributed by atoms with Gasteiger partial charge in [0.2, 0.25) is 5.91 Å². The molecule has 1 saturated heterocycles. The third kappa shape index (κ3) is 6.56. The number of rotatable bonds is 9. The van der Waals surface area contributed by atoms with E-state index in [1.165, 1.54) is 5.56 Å². The Balaban J connectivity index is 1.01. The number of fused-ring (bicyclic) bond motifs is 4. The molecule has 9 heteroatoms. The topological polar surface area (TPSA) is 55.9 Å². The Labute approximate surface area is 285 Å². The standard InChI is InChI=1S/C40H41F3N4O2/c1-28-8-6-9-29(24-28)26-47-19-16-30-14-15-31(25-34(30)37(47)48)46-22-20-45(21-23-46)18-7-17-39(38(49)44-27-40(41,42)43)35-12-4-2-10-32(35)33-11-3-5-13-36(33)39/h2-6,8-15,24-25H,7,16-23,26-27H2,1H3,(H,44,49). The van der Waals surface area contributed by atoms with E-state index in [2.05, 4.69) is 52.4 Å². The van der Waals surface area contributed by atoms with E-state index < -0.39 is 24.0 Å². The number of nitrogens with zero attached hydrogens (tertiary/aromatic N) is 3. The summed E-state index contributed by atoms with van der Waals surface area (Å²) in [5.41, 5.74) is 7.38. The molecule has 254 valence electrons. The van der Waals surface area contributed by atoms with E-state index in [-0.39, 0.29) is 5.91 Å². The van der Waals surface area contributed by atoms with Gasteiger partial charge in [-0.1, -0.05) is 84.4 Å². The van der Waals surface area contributed by atoms with Crippen molar-refractivity contribution >= 4 is 17.5 Å². The molecule has 0 bridgehead atoms. The molecule has 0 radical (unpaired) electrons. The number of benzene rings is 4. The van der Waals surface area contributed by atoms with Gasteiger partial charge in [-0.2, -0.15) is 13.2 Å². The molecule has 1 aliphatic carbocycles. The summed E-state index contributed by atoms with van der Waals surface area (Å²) in [6.07, 6.45) is -2.62. The van der Waals surface area contributed by atoms with Crippen molar-refractivity contribution in [2.45, 2.75) is 44.3 Å². The molecular weight excluding hydrogens is 625 g/mol. The second-order valence-electron chi connectivity index (χ2n) is 13.5. The number of hydrogen-bond acceptors (Lipinski definition) is 4. The summed E-state index contributed by atoms with van der Waals surface area (Å²) in [6, 6.07) is 29.7. The second-order valence-corrected chi connectivity index (χ2v) is 13.5. The smallest absolute Gasteiger partial charge is 0.369 e. The predicted molar refractivity (Wildman–Crippen MR) is 186 cm³/mol. The van der Waals surface area contributed by atoms with Gasteiger partial charge in [0.1, 0.15) is 12.0 Å². The molecule has 6 nitrogen and oxygen atoms in total. The number of hydrogen-bond donors (Lipinski definition) is 1. The van der Waals surface area contributed by atoms with Crippen LogP contribution in [0.15, 0.2) is 91.0 Å². The Morgan fingerprint density at radius 3 is 2.18 bits per heavy atom. The van der Waals surface area contributed by atoms with Crippen LogP contribution in [0.2, 0.25) is 0 Å². The molecule has 2 amide bonds. The highest BCUT2D eigenvalue weighted by atomic mass is 19.4. The molecule has 2 aliphatic heterocycles. The third-order valence-electron chi connectivity index (χ3n) is 10.4. The van der Waals surface area contributed by atoms with Crippen LogP contribution in [0.4, 0.5) is 18.9 Å². The summed E-state index contributed by atoms with van der Waals surface area (Å²) in [5.74, 6) is -0.530. The lowest BCUT2D eigenvalue weighted by Gasteiger charge is -2.38. The first-order chi connectivity index (χ1) is 23.6. The van der Waals surface area contributed by atoms with Crippen molar-refractivity contribution in [3.8, 4) is 11.1 Å². The van der Waals surface area contributed by atoms with E-state index >= 15 is 0 Å². The van der Waals surface area contributed by atoms with Gasteiger partial charge in [0.25, 0.3) is 5.91 Å². The molecule has 4 aromatic carbocycles. The lowest BCUT2D eigenvalue weighted by Crippen LogP contribution is -2.49. The van der Waals surface area contributed by atoms with E-state index in [4.69, 9.17) is 0 Å². The summed E-state index contributed by atoms with van der Waals surface area (Å²) in [6.45, 7) is 5.95. The van der Waals surface area contributed by atoms with Gasteiger partial charge in [0.05, 0.1) is 0 Å². The minimum absolute atomic E-state index is 0.0755. The molecule has 2 heterocycles. The van der Waals surface area contributed by atoms with Crippen molar-refractivity contribution in [1.82, 2.24) is 15.1 Å². The molecule has 7 rings (SSSR count). The van der Waals surface area contributed by atoms with Crippen LogP contribution < -0.4 is 10.2 Å². The molecule has 4 aromatic rings. The van der Waals surface area contributed by atoms with Gasteiger partial charge in [-0.25, -0.2) is 0 Å². The zero-order valence-corrected chi connectivity index (χ0v) is 27.7. The van der Waals surface area contributed by atoms with Crippen molar-refractivity contribution in [2.24, 2.45) is 0 Å². The number of piperazine rings is 1. The third-order valence-corrected chi connectivity index (χ3v) is 10.4. The first-order valence-corrected chi connectivity index (χ1v) is 17.1. The van der Waals surface area contributed by atoms with Crippen LogP contribution in [0.25, 0.3) is 11.1 Å². The Kier molecular flexibility index (Phi) is 8.96. The summed E-state index contributed by atoms with van der Waals surface area (Å²) in [5, 5.41) is 2.23. The summed E-state index contributed by atoms with van der Waals surface area (Å²) >= 11 is 0. The summed E-state index contributed by atoms with van der Waals surface area (Å²) in [7, 11) is 0. The quantitative estimate of drug-likeness (QED) is 0.215. The highest BCUT2D eigenvalue weighted by Crippen LogP contribution is 2.51. The molecule has 0 spiro atoms. The number of carbonyl (C=O) groups excluding carboxylic acids is 2. The number of carbonyl (C=O) groups is 2. The molecule has 49 heavy (non-hydrogen) atoms. The van der Waals surface area contributed by atoms with Crippen LogP contribution in [0, 0.1) is 6.92 Å². The predicted octanol–water partition coefficient (Wildman–Crippen LogP) is 6.74. The van der Waals surface area contributed by atoms with Crippen molar-refractivity contribution < 1.29 is 22.8 Å². The number of aryl methyl sites for hydroxylation is 1. The first-order valence-electron chi connectivity index (χ1n) is 17.1. The molecule has 1 N–H and O–H groups in total. The van der Waals surface area contributed by atoms with E-state index in [0.29, 0.717) is 25.9 Å². The molecule has 3 aliphatic rings. The summed E-state index contributed by atoms with van der Waals surface area (Å²) < 4.78 is 39.7. The average Bonchev–Trinajstić information content (AvgIpc) is 3.39. The number of nitrogens with one attached hydrogen (secondary N) is 1. The van der Waals surface area contributed by atoms with Crippen LogP contribution in [-0.2, 0) is 23.2 Å². The molecule has 0 unspecified atom stereocenters. The average molecular weight is 667 g/mol. The molecule has 0 saturated carbocycles. The van der Waals surface area contributed by atoms with Crippen LogP contribution in [-0.4, -0.2) is 73.6 Å². The van der Waals surface area contributed by atoms with Crippen LogP contribution >= 0.6 is 0 Å². The highest BCUT2D eigenvalue weighted by molar-refractivity contribution is 6.00. The van der Waals surface area contributed by atoms with Crippen molar-refractivity contribution in [1.29, 1.82) is 0 Å². The largest absolute Gasteiger partial charge is 0.405 e. The zero-order valence-electron chi connectivity index (χ0n) is 27.7. The van der Waals surface area contributed by atoms with E-state index in [0.717, 1.165) is 83.8 Å². The fourth-order valence-corrected chi connectivity index (χ4v) is 7.97. The lowest BCUT2D eigenvalue weighted by atomic mass is 9.73. The van der Waals surface area contributed by atoms with Gasteiger partial charge in [0.15, 0.2) is 0 Å². The van der Waals surface area contributed by atoms with Crippen LogP contribution in [0.3, 0.4) is 0 Å². The molecule has 0 aromatic heterocycles. The van der Waals surface area contributed by atoms with Crippen molar-refractivity contribution in [3.05, 3.63) is 124 Å². The maximum Gasteiger partial charge on any atom is 0.405 e. The maximum absolute atomic E-state index is 13.8. The Bertz CT molecular complexity index is 1820. The number of anilines is 1. The molecule has 0 atom stereocenters. The van der Waals surface area contributed by atoms with E-state index in [9.17, 15) is 22.8 Å². The van der Waals surface area contributed by atoms with E-state index in [1.807, 2.05) is 65.6 Å². The lowest BCUT2D eigenvalue weighted by molar-refractivity contribution is -0.141. The van der Waals surface area contributed by atoms with Gasteiger partial charge in [-0.05, 0) is 78.2 Å². The van der Waals surface area contributed by atoms with Gasteiger partial charge in [-0.3, -0.25) is 14.5 Å². The van der Waals surface area contributed by atoms with Gasteiger partial charge in [0, 0.05) is 50.5 Å². The maximum atomic E-state index is 13.8. The van der Waals surface area contributed by atoms with Crippen LogP contribution in [0.5, 0.6) is 0 Å². The SMILES string of the molecule is Cc1cccc(CN2CCc3ccc(N4CCN(CCCC5(C(=O)NCC(F)(F)F)c6ccccc6-c6ccccc65)CC4)cc3C2=O)c1. The monoisotopic (exact) mass is 666 g/mol. The fourth-order valence-electron chi connectivity index (χ4n) is 7.97. The highest BCUT2D eigenvalue weighted by Gasteiger charge is 2.49. The normalized spacial score (nSPS) is 17.0. The van der Waals surface area contributed by atoms with Crippen molar-refractivity contribution in [2.75, 3.05) is 50.7 Å². The van der Waals surface area contributed by atoms with Gasteiger partial charge >= 0.3 is 6.18 Å². The minimum atomic E-state index is -4.50. The Morgan fingerprint density at radius 2 is 1.51 bits per heavy atom. The molecular formula is C40H41F3N4O2.